The lowest BCUT2D eigenvalue weighted by Crippen LogP contribution is -2.44. The Bertz CT molecular complexity index is 777. The van der Waals surface area contributed by atoms with E-state index in [-0.39, 0.29) is 29.7 Å². The summed E-state index contributed by atoms with van der Waals surface area (Å²) in [6.45, 7) is 5.59. The smallest absolute Gasteiger partial charge is 0.273 e. The Kier molecular flexibility index (Phi) is 7.65. The van der Waals surface area contributed by atoms with Crippen LogP contribution in [0.2, 0.25) is 0 Å². The summed E-state index contributed by atoms with van der Waals surface area (Å²) in [5, 5.41) is 24.7. The number of benzene rings is 1. The summed E-state index contributed by atoms with van der Waals surface area (Å²) >= 11 is 0. The van der Waals surface area contributed by atoms with Crippen molar-refractivity contribution in [3.8, 4) is 5.69 Å². The largest absolute Gasteiger partial charge is 0.351 e. The van der Waals surface area contributed by atoms with E-state index < -0.39 is 4.92 Å². The molecule has 0 radical (unpaired) electrons. The number of carbonyl (C=O) groups is 1. The number of halogens is 1. The van der Waals surface area contributed by atoms with Crippen molar-refractivity contribution < 1.29 is 9.72 Å². The number of amides is 1. The number of nitro benzene ring substituents is 1. The number of nitrogens with zero attached hydrogens (tertiary/aromatic N) is 5. The van der Waals surface area contributed by atoms with Gasteiger partial charge >= 0.3 is 0 Å². The third-order valence-corrected chi connectivity index (χ3v) is 4.18. The van der Waals surface area contributed by atoms with Gasteiger partial charge in [-0.25, -0.2) is 4.68 Å². The van der Waals surface area contributed by atoms with Crippen molar-refractivity contribution in [1.29, 1.82) is 0 Å². The van der Waals surface area contributed by atoms with Gasteiger partial charge in [-0.1, -0.05) is 11.3 Å². The fourth-order valence-electron chi connectivity index (χ4n) is 2.77. The second kappa shape index (κ2) is 9.95. The Hall–Kier alpha value is -2.56. The molecule has 27 heavy (non-hydrogen) atoms. The summed E-state index contributed by atoms with van der Waals surface area (Å²) in [6.07, 6.45) is 2.33. The molecule has 1 aromatic carbocycles. The van der Waals surface area contributed by atoms with Gasteiger partial charge in [-0.2, -0.15) is 0 Å². The van der Waals surface area contributed by atoms with E-state index in [4.69, 9.17) is 0 Å². The minimum Gasteiger partial charge on any atom is -0.351 e. The zero-order valence-electron chi connectivity index (χ0n) is 14.7. The fourth-order valence-corrected chi connectivity index (χ4v) is 2.77. The number of carbonyl (C=O) groups excluding carboxylic acids is 1. The second-order valence-electron chi connectivity index (χ2n) is 6.03. The topological polar surface area (TPSA) is 118 Å². The summed E-state index contributed by atoms with van der Waals surface area (Å²) in [7, 11) is 0. The lowest BCUT2D eigenvalue weighted by atomic mass is 10.3. The van der Waals surface area contributed by atoms with Gasteiger partial charge < -0.3 is 15.5 Å². The van der Waals surface area contributed by atoms with Crippen LogP contribution < -0.4 is 10.6 Å². The van der Waals surface area contributed by atoms with E-state index in [1.165, 1.54) is 23.0 Å². The molecule has 1 aliphatic heterocycles. The molecule has 0 atom stereocenters. The van der Waals surface area contributed by atoms with Crippen LogP contribution in [0.1, 0.15) is 16.9 Å². The van der Waals surface area contributed by atoms with Gasteiger partial charge in [0.15, 0.2) is 5.69 Å². The molecule has 11 heteroatoms. The van der Waals surface area contributed by atoms with Crippen molar-refractivity contribution in [2.75, 3.05) is 39.3 Å². The van der Waals surface area contributed by atoms with Crippen LogP contribution in [-0.2, 0) is 0 Å². The molecule has 1 aliphatic rings. The van der Waals surface area contributed by atoms with Crippen LogP contribution in [0, 0.1) is 10.1 Å². The van der Waals surface area contributed by atoms with Gasteiger partial charge in [-0.3, -0.25) is 14.9 Å². The standard InChI is InChI=1S/C16H21N7O3.ClH/c24-16(18-5-2-8-21-9-6-17-7-10-21)15-12-22(20-19-15)13-3-1-4-14(11-13)23(25)26;/h1,3-4,11-12,17H,2,5-10H2,(H,18,24);1H. The Morgan fingerprint density at radius 3 is 2.85 bits per heavy atom. The number of hydrogen-bond donors (Lipinski definition) is 2. The first-order chi connectivity index (χ1) is 12.6. The second-order valence-corrected chi connectivity index (χ2v) is 6.03. The van der Waals surface area contributed by atoms with Gasteiger partial charge in [-0.05, 0) is 19.0 Å². The molecule has 2 aromatic rings. The first kappa shape index (κ1) is 20.7. The number of hydrogen-bond acceptors (Lipinski definition) is 7. The first-order valence-electron chi connectivity index (χ1n) is 8.52. The summed E-state index contributed by atoms with van der Waals surface area (Å²) < 4.78 is 1.35. The maximum atomic E-state index is 12.2. The van der Waals surface area contributed by atoms with E-state index in [1.807, 2.05) is 0 Å². The van der Waals surface area contributed by atoms with Crippen molar-refractivity contribution >= 4 is 24.0 Å². The number of nitro groups is 1. The zero-order chi connectivity index (χ0) is 18.4. The highest BCUT2D eigenvalue weighted by Crippen LogP contribution is 2.15. The normalized spacial score (nSPS) is 14.4. The fraction of sp³-hybridized carbons (Fsp3) is 0.438. The van der Waals surface area contributed by atoms with Crippen molar-refractivity contribution in [1.82, 2.24) is 30.5 Å². The van der Waals surface area contributed by atoms with E-state index >= 15 is 0 Å². The first-order valence-corrected chi connectivity index (χ1v) is 8.52. The van der Waals surface area contributed by atoms with E-state index in [9.17, 15) is 14.9 Å². The van der Waals surface area contributed by atoms with Crippen LogP contribution in [0.4, 0.5) is 5.69 Å². The molecule has 2 heterocycles. The number of piperazine rings is 1. The van der Waals surface area contributed by atoms with E-state index in [0.29, 0.717) is 12.2 Å². The predicted octanol–water partition coefficient (Wildman–Crippen LogP) is 0.622. The molecule has 10 nitrogen and oxygen atoms in total. The van der Waals surface area contributed by atoms with Gasteiger partial charge in [0.2, 0.25) is 0 Å². The molecule has 0 aliphatic carbocycles. The Morgan fingerprint density at radius 1 is 1.33 bits per heavy atom. The van der Waals surface area contributed by atoms with Gasteiger partial charge in [0, 0.05) is 44.9 Å². The van der Waals surface area contributed by atoms with Gasteiger partial charge in [-0.15, -0.1) is 17.5 Å². The van der Waals surface area contributed by atoms with E-state index in [1.54, 1.807) is 12.1 Å². The van der Waals surface area contributed by atoms with Crippen molar-refractivity contribution in [3.05, 3.63) is 46.3 Å². The van der Waals surface area contributed by atoms with Crippen LogP contribution in [-0.4, -0.2) is 70.0 Å². The SMILES string of the molecule is Cl.O=C(NCCCN1CCNCC1)c1cn(-c2cccc([N+](=O)[O-])c2)nn1. The molecular weight excluding hydrogens is 374 g/mol. The minimum atomic E-state index is -0.480. The molecule has 146 valence electrons. The third kappa shape index (κ3) is 5.71. The van der Waals surface area contributed by atoms with E-state index in [0.717, 1.165) is 39.1 Å². The molecule has 0 saturated carbocycles. The van der Waals surface area contributed by atoms with Crippen LogP contribution in [0.3, 0.4) is 0 Å². The number of non-ortho nitro benzene ring substituents is 1. The Balaban J connectivity index is 0.00000261. The quantitative estimate of drug-likeness (QED) is 0.401. The van der Waals surface area contributed by atoms with Crippen molar-refractivity contribution in [2.24, 2.45) is 0 Å². The maximum Gasteiger partial charge on any atom is 0.273 e. The van der Waals surface area contributed by atoms with E-state index in [2.05, 4.69) is 25.8 Å². The molecular formula is C16H22ClN7O3. The summed E-state index contributed by atoms with van der Waals surface area (Å²) in [4.78, 5) is 24.9. The molecule has 2 N–H and O–H groups in total. The average molecular weight is 396 g/mol. The zero-order valence-corrected chi connectivity index (χ0v) is 15.5. The number of nitrogens with one attached hydrogen (secondary N) is 2. The summed E-state index contributed by atoms with van der Waals surface area (Å²) in [5.74, 6) is -0.304. The highest BCUT2D eigenvalue weighted by molar-refractivity contribution is 5.91. The monoisotopic (exact) mass is 395 g/mol. The highest BCUT2D eigenvalue weighted by Gasteiger charge is 2.14. The maximum absolute atomic E-state index is 12.2. The van der Waals surface area contributed by atoms with Crippen LogP contribution in [0.25, 0.3) is 5.69 Å². The van der Waals surface area contributed by atoms with Crippen molar-refractivity contribution in [2.45, 2.75) is 6.42 Å². The molecule has 0 unspecified atom stereocenters. The van der Waals surface area contributed by atoms with Gasteiger partial charge in [0.25, 0.3) is 11.6 Å². The lowest BCUT2D eigenvalue weighted by Gasteiger charge is -2.26. The lowest BCUT2D eigenvalue weighted by molar-refractivity contribution is -0.384. The molecule has 1 fully saturated rings. The molecule has 0 spiro atoms. The predicted molar refractivity (Wildman–Crippen MR) is 102 cm³/mol. The molecule has 1 aromatic heterocycles. The third-order valence-electron chi connectivity index (χ3n) is 4.18. The van der Waals surface area contributed by atoms with Gasteiger partial charge in [0.05, 0.1) is 16.8 Å². The number of aromatic nitrogens is 3. The number of rotatable bonds is 7. The molecule has 1 amide bonds. The Labute approximate surface area is 162 Å². The Morgan fingerprint density at radius 2 is 2.11 bits per heavy atom. The van der Waals surface area contributed by atoms with Crippen molar-refractivity contribution in [3.63, 3.8) is 0 Å². The summed E-state index contributed by atoms with van der Waals surface area (Å²) in [6, 6.07) is 6.00. The molecule has 1 saturated heterocycles. The summed E-state index contributed by atoms with van der Waals surface area (Å²) in [5.41, 5.74) is 0.611. The van der Waals surface area contributed by atoms with Crippen LogP contribution in [0.15, 0.2) is 30.5 Å². The van der Waals surface area contributed by atoms with Gasteiger partial charge in [0.1, 0.15) is 0 Å². The minimum absolute atomic E-state index is 0. The molecule has 0 bridgehead atoms. The average Bonchev–Trinajstić information content (AvgIpc) is 3.16. The van der Waals surface area contributed by atoms with Crippen LogP contribution in [0.5, 0.6) is 0 Å². The van der Waals surface area contributed by atoms with Crippen LogP contribution >= 0.6 is 12.4 Å². The highest BCUT2D eigenvalue weighted by atomic mass is 35.5. The molecule has 3 rings (SSSR count).